The third-order valence-corrected chi connectivity index (χ3v) is 4.30. The second kappa shape index (κ2) is 4.64. The number of H-pyrrole nitrogens is 1. The Balaban J connectivity index is 2.13. The van der Waals surface area contributed by atoms with Crippen molar-refractivity contribution in [3.8, 4) is 6.07 Å². The maximum absolute atomic E-state index is 12.1. The first-order valence-corrected chi connectivity index (χ1v) is 7.43. The summed E-state index contributed by atoms with van der Waals surface area (Å²) < 4.78 is 31.5. The topological polar surface area (TPSA) is 112 Å². The molecule has 21 heavy (non-hydrogen) atoms. The number of rotatable bonds is 3. The monoisotopic (exact) mass is 302 g/mol. The van der Waals surface area contributed by atoms with Crippen molar-refractivity contribution in [1.82, 2.24) is 9.97 Å². The number of nitrogens with zero attached hydrogens (tertiary/aromatic N) is 2. The van der Waals surface area contributed by atoms with Crippen LogP contribution in [0.15, 0.2) is 40.4 Å². The van der Waals surface area contributed by atoms with Gasteiger partial charge in [0.2, 0.25) is 0 Å². The van der Waals surface area contributed by atoms with Gasteiger partial charge in [-0.2, -0.15) is 13.7 Å². The molecule has 8 heteroatoms. The second-order valence-electron chi connectivity index (χ2n) is 4.42. The Bertz CT molecular complexity index is 949. The van der Waals surface area contributed by atoms with E-state index in [1.54, 1.807) is 18.3 Å². The van der Waals surface area contributed by atoms with Gasteiger partial charge in [0.15, 0.2) is 6.39 Å². The first-order valence-electron chi connectivity index (χ1n) is 5.95. The zero-order valence-electron chi connectivity index (χ0n) is 10.9. The fraction of sp³-hybridized carbons (Fsp3) is 0.0769. The van der Waals surface area contributed by atoms with E-state index < -0.39 is 10.0 Å². The van der Waals surface area contributed by atoms with E-state index in [2.05, 4.69) is 20.8 Å². The molecule has 0 radical (unpaired) electrons. The summed E-state index contributed by atoms with van der Waals surface area (Å²) in [6.45, 7) is 1.85. The molecule has 2 N–H and O–H groups in total. The molecule has 0 spiro atoms. The SMILES string of the molecule is Cc1ccc(NS(=O)(=O)c2cnco2)c2[nH]cc(C#N)c12. The number of hydrogen-bond donors (Lipinski definition) is 2. The predicted molar refractivity (Wildman–Crippen MR) is 75.1 cm³/mol. The summed E-state index contributed by atoms with van der Waals surface area (Å²) in [7, 11) is -3.85. The number of aryl methyl sites for hydroxylation is 1. The Hall–Kier alpha value is -2.79. The molecular formula is C13H10N4O3S. The van der Waals surface area contributed by atoms with Crippen LogP contribution in [0.1, 0.15) is 11.1 Å². The van der Waals surface area contributed by atoms with Crippen molar-refractivity contribution in [3.05, 3.63) is 42.0 Å². The smallest absolute Gasteiger partial charge is 0.297 e. The first kappa shape index (κ1) is 13.2. The summed E-state index contributed by atoms with van der Waals surface area (Å²) in [5.41, 5.74) is 2.23. The average molecular weight is 302 g/mol. The third-order valence-electron chi connectivity index (χ3n) is 3.08. The van der Waals surface area contributed by atoms with Gasteiger partial charge >= 0.3 is 0 Å². The molecule has 7 nitrogen and oxygen atoms in total. The van der Waals surface area contributed by atoms with Crippen LogP contribution in [0.5, 0.6) is 0 Å². The molecule has 3 rings (SSSR count). The standard InChI is InChI=1S/C13H10N4O3S/c1-8-2-3-10(13-12(8)9(4-14)5-16-13)17-21(18,19)11-6-15-7-20-11/h2-3,5-7,16-17H,1H3. The number of hydrogen-bond acceptors (Lipinski definition) is 5. The Morgan fingerprint density at radius 3 is 2.90 bits per heavy atom. The van der Waals surface area contributed by atoms with Gasteiger partial charge in [0.25, 0.3) is 15.1 Å². The van der Waals surface area contributed by atoms with Gasteiger partial charge in [0.1, 0.15) is 6.07 Å². The lowest BCUT2D eigenvalue weighted by Crippen LogP contribution is -2.12. The van der Waals surface area contributed by atoms with Crippen LogP contribution in [-0.4, -0.2) is 18.4 Å². The minimum atomic E-state index is -3.85. The highest BCUT2D eigenvalue weighted by molar-refractivity contribution is 7.92. The van der Waals surface area contributed by atoms with E-state index in [1.807, 2.05) is 6.92 Å². The molecule has 1 aromatic carbocycles. The van der Waals surface area contributed by atoms with Crippen LogP contribution >= 0.6 is 0 Å². The molecule has 0 saturated carbocycles. The quantitative estimate of drug-likeness (QED) is 0.769. The summed E-state index contributed by atoms with van der Waals surface area (Å²) >= 11 is 0. The molecule has 2 heterocycles. The number of nitrogens with one attached hydrogen (secondary N) is 2. The maximum atomic E-state index is 12.1. The van der Waals surface area contributed by atoms with E-state index in [9.17, 15) is 8.42 Å². The van der Waals surface area contributed by atoms with E-state index in [4.69, 9.17) is 9.68 Å². The molecule has 106 valence electrons. The maximum Gasteiger partial charge on any atom is 0.297 e. The predicted octanol–water partition coefficient (Wildman–Crippen LogP) is 2.14. The van der Waals surface area contributed by atoms with E-state index >= 15 is 0 Å². The highest BCUT2D eigenvalue weighted by atomic mass is 32.2. The van der Waals surface area contributed by atoms with Crippen molar-refractivity contribution in [2.24, 2.45) is 0 Å². The fourth-order valence-electron chi connectivity index (χ4n) is 2.13. The normalized spacial score (nSPS) is 11.4. The number of aromatic nitrogens is 2. The zero-order chi connectivity index (χ0) is 15.0. The molecule has 0 fully saturated rings. The van der Waals surface area contributed by atoms with Crippen LogP contribution in [-0.2, 0) is 10.0 Å². The molecule has 0 unspecified atom stereocenters. The van der Waals surface area contributed by atoms with Gasteiger partial charge in [-0.05, 0) is 18.6 Å². The van der Waals surface area contributed by atoms with Gasteiger partial charge in [-0.1, -0.05) is 6.07 Å². The Morgan fingerprint density at radius 2 is 2.24 bits per heavy atom. The number of oxazole rings is 1. The van der Waals surface area contributed by atoms with Crippen LogP contribution in [0, 0.1) is 18.3 Å². The summed E-state index contributed by atoms with van der Waals surface area (Å²) in [6.07, 6.45) is 3.70. The largest absolute Gasteiger partial charge is 0.430 e. The first-order chi connectivity index (χ1) is 10.0. The van der Waals surface area contributed by atoms with Crippen LogP contribution in [0.25, 0.3) is 10.9 Å². The molecule has 0 atom stereocenters. The minimum absolute atomic E-state index is 0.275. The molecule has 0 amide bonds. The van der Waals surface area contributed by atoms with Gasteiger partial charge in [-0.3, -0.25) is 4.72 Å². The molecular weight excluding hydrogens is 292 g/mol. The number of benzene rings is 1. The van der Waals surface area contributed by atoms with Crippen molar-refractivity contribution >= 4 is 26.6 Å². The molecule has 3 aromatic rings. The Kier molecular flexibility index (Phi) is 2.92. The van der Waals surface area contributed by atoms with Crippen molar-refractivity contribution in [3.63, 3.8) is 0 Å². The molecule has 0 aliphatic rings. The van der Waals surface area contributed by atoms with E-state index in [0.29, 0.717) is 22.2 Å². The number of sulfonamides is 1. The summed E-state index contributed by atoms with van der Waals surface area (Å²) in [6, 6.07) is 5.44. The summed E-state index contributed by atoms with van der Waals surface area (Å²) in [4.78, 5) is 6.51. The molecule has 0 aliphatic carbocycles. The van der Waals surface area contributed by atoms with Crippen molar-refractivity contribution < 1.29 is 12.8 Å². The molecule has 2 aromatic heterocycles. The van der Waals surface area contributed by atoms with Crippen LogP contribution in [0.4, 0.5) is 5.69 Å². The van der Waals surface area contributed by atoms with Crippen LogP contribution in [0.2, 0.25) is 0 Å². The number of fused-ring (bicyclic) bond motifs is 1. The summed E-state index contributed by atoms with van der Waals surface area (Å²) in [5.74, 6) is 0. The van der Waals surface area contributed by atoms with Crippen molar-refractivity contribution in [2.75, 3.05) is 4.72 Å². The minimum Gasteiger partial charge on any atom is -0.430 e. The van der Waals surface area contributed by atoms with Crippen LogP contribution < -0.4 is 4.72 Å². The van der Waals surface area contributed by atoms with Crippen molar-refractivity contribution in [2.45, 2.75) is 12.0 Å². The lowest BCUT2D eigenvalue weighted by Gasteiger charge is -2.08. The second-order valence-corrected chi connectivity index (χ2v) is 6.03. The lowest BCUT2D eigenvalue weighted by molar-refractivity contribution is 0.448. The fourth-order valence-corrected chi connectivity index (χ4v) is 3.06. The highest BCUT2D eigenvalue weighted by Crippen LogP contribution is 2.29. The number of nitriles is 1. The van der Waals surface area contributed by atoms with Gasteiger partial charge in [0, 0.05) is 11.6 Å². The zero-order valence-corrected chi connectivity index (χ0v) is 11.7. The number of aromatic amines is 1. The Morgan fingerprint density at radius 1 is 1.43 bits per heavy atom. The third kappa shape index (κ3) is 2.13. The Labute approximate surface area is 120 Å². The van der Waals surface area contributed by atoms with Crippen LogP contribution in [0.3, 0.4) is 0 Å². The molecule has 0 aliphatic heterocycles. The van der Waals surface area contributed by atoms with E-state index in [1.165, 1.54) is 0 Å². The molecule has 0 bridgehead atoms. The number of anilines is 1. The highest BCUT2D eigenvalue weighted by Gasteiger charge is 2.20. The average Bonchev–Trinajstić information content (AvgIpc) is 3.10. The van der Waals surface area contributed by atoms with Gasteiger partial charge in [-0.15, -0.1) is 0 Å². The van der Waals surface area contributed by atoms with E-state index in [-0.39, 0.29) is 5.09 Å². The lowest BCUT2D eigenvalue weighted by atomic mass is 10.1. The molecule has 0 saturated heterocycles. The van der Waals surface area contributed by atoms with Gasteiger partial charge in [-0.25, -0.2) is 4.98 Å². The van der Waals surface area contributed by atoms with Crippen molar-refractivity contribution in [1.29, 1.82) is 5.26 Å². The van der Waals surface area contributed by atoms with Gasteiger partial charge < -0.3 is 9.40 Å². The van der Waals surface area contributed by atoms with E-state index in [0.717, 1.165) is 18.2 Å². The van der Waals surface area contributed by atoms with Gasteiger partial charge in [0.05, 0.1) is 23.0 Å². The summed E-state index contributed by atoms with van der Waals surface area (Å²) in [5, 5.41) is 9.51.